The van der Waals surface area contributed by atoms with E-state index in [0.29, 0.717) is 9.82 Å². The summed E-state index contributed by atoms with van der Waals surface area (Å²) in [5.41, 5.74) is 0.724. The first-order valence-corrected chi connectivity index (χ1v) is 9.92. The summed E-state index contributed by atoms with van der Waals surface area (Å²) in [5, 5.41) is 0.518. The number of para-hydroxylation sites is 1. The van der Waals surface area contributed by atoms with Gasteiger partial charge in [-0.25, -0.2) is 12.8 Å². The van der Waals surface area contributed by atoms with Crippen LogP contribution in [0, 0.1) is 5.82 Å². The van der Waals surface area contributed by atoms with Crippen LogP contribution in [0.2, 0.25) is 5.02 Å². The van der Waals surface area contributed by atoms with Gasteiger partial charge in [-0.05, 0) is 36.4 Å². The van der Waals surface area contributed by atoms with Gasteiger partial charge < -0.3 is 4.57 Å². The Hall–Kier alpha value is -2.03. The van der Waals surface area contributed by atoms with Crippen molar-refractivity contribution in [2.75, 3.05) is 5.75 Å². The highest BCUT2D eigenvalue weighted by Crippen LogP contribution is 2.24. The second-order valence-electron chi connectivity index (χ2n) is 5.25. The minimum absolute atomic E-state index is 0.124. The van der Waals surface area contributed by atoms with Gasteiger partial charge in [-0.3, -0.25) is 4.79 Å². The Labute approximate surface area is 151 Å². The van der Waals surface area contributed by atoms with Crippen molar-refractivity contribution in [3.8, 4) is 0 Å². The molecule has 3 aromatic rings. The number of carbonyl (C=O) groups is 1. The van der Waals surface area contributed by atoms with Crippen LogP contribution in [0.3, 0.4) is 0 Å². The molecule has 130 valence electrons. The predicted octanol–water partition coefficient (Wildman–Crippen LogP) is 2.93. The van der Waals surface area contributed by atoms with Gasteiger partial charge >= 0.3 is 0 Å². The van der Waals surface area contributed by atoms with Crippen molar-refractivity contribution in [1.29, 1.82) is 0 Å². The highest BCUT2D eigenvalue weighted by molar-refractivity contribution is 7.92. The molecule has 0 unspecified atom stereocenters. The van der Waals surface area contributed by atoms with Crippen LogP contribution < -0.4 is 4.80 Å². The van der Waals surface area contributed by atoms with Crippen LogP contribution >= 0.6 is 22.9 Å². The van der Waals surface area contributed by atoms with Crippen molar-refractivity contribution < 1.29 is 17.6 Å². The number of benzene rings is 2. The standard InChI is InChI=1S/C16H12ClFN2O3S2/c1-20-15-12(17)3-2-4-13(15)24-16(20)19-14(21)9-25(22,23)11-7-5-10(18)6-8-11/h2-8H,9H2,1H3. The summed E-state index contributed by atoms with van der Waals surface area (Å²) in [6.45, 7) is 0. The Kier molecular flexibility index (Phi) is 4.77. The molecule has 1 amide bonds. The van der Waals surface area contributed by atoms with Crippen LogP contribution in [0.25, 0.3) is 10.2 Å². The summed E-state index contributed by atoms with van der Waals surface area (Å²) in [4.78, 5) is 16.2. The lowest BCUT2D eigenvalue weighted by molar-refractivity contribution is -0.115. The molecule has 5 nitrogen and oxygen atoms in total. The smallest absolute Gasteiger partial charge is 0.263 e. The van der Waals surface area contributed by atoms with E-state index in [2.05, 4.69) is 4.99 Å². The fourth-order valence-corrected chi connectivity index (χ4v) is 4.82. The van der Waals surface area contributed by atoms with Gasteiger partial charge in [0, 0.05) is 7.05 Å². The summed E-state index contributed by atoms with van der Waals surface area (Å²) in [6.07, 6.45) is 0. The fourth-order valence-electron chi connectivity index (χ4n) is 2.29. The van der Waals surface area contributed by atoms with Crippen molar-refractivity contribution in [1.82, 2.24) is 4.57 Å². The average Bonchev–Trinajstić information content (AvgIpc) is 2.84. The number of carbonyl (C=O) groups excluding carboxylic acids is 1. The number of hydrogen-bond acceptors (Lipinski definition) is 4. The molecule has 3 rings (SSSR count). The van der Waals surface area contributed by atoms with Gasteiger partial charge in [-0.1, -0.05) is 29.0 Å². The lowest BCUT2D eigenvalue weighted by atomic mass is 10.3. The van der Waals surface area contributed by atoms with Gasteiger partial charge in [-0.15, -0.1) is 0 Å². The van der Waals surface area contributed by atoms with Crippen LogP contribution in [0.1, 0.15) is 0 Å². The molecule has 0 N–H and O–H groups in total. The molecule has 1 heterocycles. The van der Waals surface area contributed by atoms with Crippen LogP contribution in [0.15, 0.2) is 52.4 Å². The molecule has 25 heavy (non-hydrogen) atoms. The van der Waals surface area contributed by atoms with Crippen LogP contribution in [-0.4, -0.2) is 24.6 Å². The fraction of sp³-hybridized carbons (Fsp3) is 0.125. The Bertz CT molecular complexity index is 1130. The lowest BCUT2D eigenvalue weighted by Gasteiger charge is -2.01. The normalized spacial score (nSPS) is 12.7. The molecular weight excluding hydrogens is 387 g/mol. The Morgan fingerprint density at radius 3 is 2.56 bits per heavy atom. The van der Waals surface area contributed by atoms with Crippen molar-refractivity contribution in [3.05, 3.63) is 58.1 Å². The lowest BCUT2D eigenvalue weighted by Crippen LogP contribution is -2.19. The minimum atomic E-state index is -3.89. The molecule has 0 aliphatic rings. The van der Waals surface area contributed by atoms with E-state index in [4.69, 9.17) is 11.6 Å². The molecule has 0 aliphatic carbocycles. The number of hydrogen-bond donors (Lipinski definition) is 0. The SMILES string of the molecule is Cn1c(=NC(=O)CS(=O)(=O)c2ccc(F)cc2)sc2cccc(Cl)c21. The molecule has 0 aliphatic heterocycles. The van der Waals surface area contributed by atoms with E-state index < -0.39 is 27.3 Å². The molecule has 0 saturated heterocycles. The molecule has 0 bridgehead atoms. The minimum Gasteiger partial charge on any atom is -0.318 e. The van der Waals surface area contributed by atoms with Crippen molar-refractivity contribution >= 4 is 48.9 Å². The van der Waals surface area contributed by atoms with E-state index in [1.54, 1.807) is 23.7 Å². The van der Waals surface area contributed by atoms with Gasteiger partial charge in [-0.2, -0.15) is 4.99 Å². The summed E-state index contributed by atoms with van der Waals surface area (Å²) in [6, 6.07) is 9.65. The van der Waals surface area contributed by atoms with Crippen LogP contribution in [0.4, 0.5) is 4.39 Å². The van der Waals surface area contributed by atoms with Crippen molar-refractivity contribution in [2.45, 2.75) is 4.90 Å². The molecule has 1 aromatic heterocycles. The number of fused-ring (bicyclic) bond motifs is 1. The molecule has 0 atom stereocenters. The third-order valence-corrected chi connectivity index (χ3v) is 6.50. The molecule has 0 saturated carbocycles. The number of rotatable bonds is 3. The number of halogens is 2. The summed E-state index contributed by atoms with van der Waals surface area (Å²) >= 11 is 7.38. The van der Waals surface area contributed by atoms with Gasteiger partial charge in [0.05, 0.1) is 20.1 Å². The number of nitrogens with zero attached hydrogens (tertiary/aromatic N) is 2. The molecule has 2 aromatic carbocycles. The van der Waals surface area contributed by atoms with E-state index in [0.717, 1.165) is 34.5 Å². The maximum Gasteiger partial charge on any atom is 0.263 e. The van der Waals surface area contributed by atoms with Gasteiger partial charge in [0.15, 0.2) is 14.6 Å². The zero-order valence-corrected chi connectivity index (χ0v) is 15.3. The summed E-state index contributed by atoms with van der Waals surface area (Å²) in [7, 11) is -2.19. The van der Waals surface area contributed by atoms with Crippen molar-refractivity contribution in [3.63, 3.8) is 0 Å². The zero-order valence-electron chi connectivity index (χ0n) is 12.9. The Morgan fingerprint density at radius 1 is 1.24 bits per heavy atom. The van der Waals surface area contributed by atoms with E-state index >= 15 is 0 Å². The van der Waals surface area contributed by atoms with E-state index in [1.807, 2.05) is 6.07 Å². The largest absolute Gasteiger partial charge is 0.318 e. The predicted molar refractivity (Wildman–Crippen MR) is 94.8 cm³/mol. The van der Waals surface area contributed by atoms with E-state index in [-0.39, 0.29) is 4.90 Å². The summed E-state index contributed by atoms with van der Waals surface area (Å²) < 4.78 is 39.8. The Morgan fingerprint density at radius 2 is 1.92 bits per heavy atom. The number of aromatic nitrogens is 1. The van der Waals surface area contributed by atoms with Gasteiger partial charge in [0.2, 0.25) is 0 Å². The second kappa shape index (κ2) is 6.70. The number of thiazole rings is 1. The second-order valence-corrected chi connectivity index (χ2v) is 8.65. The maximum absolute atomic E-state index is 12.9. The number of sulfone groups is 1. The van der Waals surface area contributed by atoms with Crippen LogP contribution in [-0.2, 0) is 21.7 Å². The molecular formula is C16H12ClFN2O3S2. The first-order chi connectivity index (χ1) is 11.8. The highest BCUT2D eigenvalue weighted by Gasteiger charge is 2.19. The van der Waals surface area contributed by atoms with E-state index in [1.165, 1.54) is 11.3 Å². The topological polar surface area (TPSA) is 68.5 Å². The van der Waals surface area contributed by atoms with Gasteiger partial charge in [0.25, 0.3) is 5.91 Å². The molecule has 0 spiro atoms. The molecule has 0 radical (unpaired) electrons. The van der Waals surface area contributed by atoms with Crippen molar-refractivity contribution in [2.24, 2.45) is 12.0 Å². The Balaban J connectivity index is 1.94. The highest BCUT2D eigenvalue weighted by atomic mass is 35.5. The van der Waals surface area contributed by atoms with Crippen LogP contribution in [0.5, 0.6) is 0 Å². The number of amides is 1. The number of aryl methyl sites for hydroxylation is 1. The monoisotopic (exact) mass is 398 g/mol. The first kappa shape index (κ1) is 17.8. The van der Waals surface area contributed by atoms with Gasteiger partial charge in [0.1, 0.15) is 11.6 Å². The third-order valence-electron chi connectivity index (χ3n) is 3.48. The molecule has 0 fully saturated rings. The van der Waals surface area contributed by atoms with E-state index in [9.17, 15) is 17.6 Å². The average molecular weight is 399 g/mol. The third kappa shape index (κ3) is 3.65. The molecule has 9 heteroatoms. The maximum atomic E-state index is 12.9. The quantitative estimate of drug-likeness (QED) is 0.637. The summed E-state index contributed by atoms with van der Waals surface area (Å²) in [5.74, 6) is -2.15. The zero-order chi connectivity index (χ0) is 18.2. The first-order valence-electron chi connectivity index (χ1n) is 7.08.